The topological polar surface area (TPSA) is 49.7 Å². The van der Waals surface area contributed by atoms with Crippen LogP contribution >= 0.6 is 0 Å². The van der Waals surface area contributed by atoms with Crippen LogP contribution in [0.25, 0.3) is 0 Å². The number of ether oxygens (including phenoxy) is 1. The van der Waals surface area contributed by atoms with Gasteiger partial charge in [0.2, 0.25) is 5.75 Å². The Balaban J connectivity index is 2.74. The maximum Gasteiger partial charge on any atom is 0.200 e. The van der Waals surface area contributed by atoms with E-state index in [-0.39, 0.29) is 17.1 Å². The molecule has 3 heteroatoms. The molecule has 204 valence electrons. The first-order chi connectivity index (χ1) is 17.1. The second-order valence-corrected chi connectivity index (χ2v) is 10.8. The molecular weight excluding hydrogens is 432 g/mol. The molecule has 0 heterocycles. The molecule has 0 aliphatic carbocycles. The minimum Gasteiger partial charge on any atom is -0.504 e. The van der Waals surface area contributed by atoms with E-state index in [1.165, 1.54) is 122 Å². The largest absolute Gasteiger partial charge is 0.504 e. The van der Waals surface area contributed by atoms with E-state index < -0.39 is 0 Å². The molecule has 0 aromatic heterocycles. The summed E-state index contributed by atoms with van der Waals surface area (Å²) in [7, 11) is 0. The first-order valence-electron chi connectivity index (χ1n) is 15.3. The second kappa shape index (κ2) is 20.8. The Morgan fingerprint density at radius 2 is 0.914 bits per heavy atom. The van der Waals surface area contributed by atoms with E-state index in [2.05, 4.69) is 20.8 Å². The van der Waals surface area contributed by atoms with Crippen molar-refractivity contribution in [2.45, 2.75) is 168 Å². The van der Waals surface area contributed by atoms with Crippen molar-refractivity contribution in [3.8, 4) is 17.2 Å². The maximum absolute atomic E-state index is 10.5. The van der Waals surface area contributed by atoms with Crippen molar-refractivity contribution < 1.29 is 14.9 Å². The summed E-state index contributed by atoms with van der Waals surface area (Å²) >= 11 is 0. The lowest BCUT2D eigenvalue weighted by atomic mass is 9.84. The van der Waals surface area contributed by atoms with Gasteiger partial charge in [-0.1, -0.05) is 130 Å². The fourth-order valence-electron chi connectivity index (χ4n) is 5.21. The molecule has 1 rings (SSSR count). The van der Waals surface area contributed by atoms with Gasteiger partial charge in [-0.3, -0.25) is 0 Å². The predicted octanol–water partition coefficient (Wildman–Crippen LogP) is 10.9. The van der Waals surface area contributed by atoms with E-state index in [9.17, 15) is 10.2 Å². The predicted molar refractivity (Wildman–Crippen MR) is 152 cm³/mol. The first kappa shape index (κ1) is 31.6. The molecular formula is C32H58O3. The van der Waals surface area contributed by atoms with Crippen LogP contribution in [-0.4, -0.2) is 15.8 Å². The molecule has 35 heavy (non-hydrogen) atoms. The van der Waals surface area contributed by atoms with E-state index in [1.807, 2.05) is 6.07 Å². The van der Waals surface area contributed by atoms with Gasteiger partial charge >= 0.3 is 0 Å². The third-order valence-electron chi connectivity index (χ3n) is 7.51. The molecule has 1 aromatic rings. The number of hydrogen-bond acceptors (Lipinski definition) is 3. The zero-order chi connectivity index (χ0) is 25.6. The van der Waals surface area contributed by atoms with Gasteiger partial charge in [0.15, 0.2) is 11.5 Å². The number of benzene rings is 1. The average Bonchev–Trinajstić information content (AvgIpc) is 2.85. The van der Waals surface area contributed by atoms with Crippen LogP contribution < -0.4 is 4.74 Å². The average molecular weight is 491 g/mol. The summed E-state index contributed by atoms with van der Waals surface area (Å²) in [5, 5.41) is 20.5. The van der Waals surface area contributed by atoms with E-state index in [1.54, 1.807) is 6.07 Å². The fraction of sp³-hybridized carbons (Fsp3) is 0.812. The molecule has 0 aliphatic rings. The van der Waals surface area contributed by atoms with Crippen molar-refractivity contribution in [1.82, 2.24) is 0 Å². The lowest BCUT2D eigenvalue weighted by Crippen LogP contribution is -2.36. The van der Waals surface area contributed by atoms with Crippen molar-refractivity contribution in [3.63, 3.8) is 0 Å². The maximum atomic E-state index is 10.5. The van der Waals surface area contributed by atoms with Crippen LogP contribution in [0.2, 0.25) is 0 Å². The molecule has 0 amide bonds. The Hall–Kier alpha value is -1.38. The van der Waals surface area contributed by atoms with Crippen molar-refractivity contribution in [1.29, 1.82) is 0 Å². The lowest BCUT2D eigenvalue weighted by molar-refractivity contribution is 0.0306. The van der Waals surface area contributed by atoms with Crippen molar-refractivity contribution >= 4 is 0 Å². The standard InChI is InChI=1S/C32H58O3/c1-4-7-10-12-14-16-18-21-27-32(26-20-9-6-3,28-22-19-17-15-13-11-8-5-2)35-30-25-23-24-29(33)31(30)34/h23-25,33-34H,4-22,26-28H2,1-3H3. The minimum atomic E-state index is -0.245. The summed E-state index contributed by atoms with van der Waals surface area (Å²) < 4.78 is 6.67. The number of aromatic hydroxyl groups is 2. The van der Waals surface area contributed by atoms with Crippen LogP contribution in [0.5, 0.6) is 17.2 Å². The first-order valence-corrected chi connectivity index (χ1v) is 15.3. The number of unbranched alkanes of at least 4 members (excludes halogenated alkanes) is 16. The Morgan fingerprint density at radius 1 is 0.543 bits per heavy atom. The molecule has 3 nitrogen and oxygen atoms in total. The van der Waals surface area contributed by atoms with Crippen LogP contribution in [0.4, 0.5) is 0 Å². The van der Waals surface area contributed by atoms with Crippen LogP contribution in [0.15, 0.2) is 18.2 Å². The van der Waals surface area contributed by atoms with Gasteiger partial charge in [-0.2, -0.15) is 0 Å². The smallest absolute Gasteiger partial charge is 0.200 e. The summed E-state index contributed by atoms with van der Waals surface area (Å²) in [6.07, 6.45) is 27.6. The number of phenols is 2. The highest BCUT2D eigenvalue weighted by atomic mass is 16.5. The Morgan fingerprint density at radius 3 is 1.37 bits per heavy atom. The fourth-order valence-corrected chi connectivity index (χ4v) is 5.21. The molecule has 1 aromatic carbocycles. The van der Waals surface area contributed by atoms with E-state index in [0.717, 1.165) is 25.7 Å². The molecule has 0 spiro atoms. The highest BCUT2D eigenvalue weighted by molar-refractivity contribution is 5.49. The third kappa shape index (κ3) is 14.7. The second-order valence-electron chi connectivity index (χ2n) is 10.8. The molecule has 2 N–H and O–H groups in total. The third-order valence-corrected chi connectivity index (χ3v) is 7.51. The van der Waals surface area contributed by atoms with Gasteiger partial charge in [-0.15, -0.1) is 0 Å². The van der Waals surface area contributed by atoms with Gasteiger partial charge in [-0.05, 0) is 50.7 Å². The monoisotopic (exact) mass is 490 g/mol. The molecule has 0 unspecified atom stereocenters. The van der Waals surface area contributed by atoms with Crippen LogP contribution in [-0.2, 0) is 0 Å². The van der Waals surface area contributed by atoms with Gasteiger partial charge in [0, 0.05) is 0 Å². The molecule has 0 radical (unpaired) electrons. The Bertz CT molecular complexity index is 593. The van der Waals surface area contributed by atoms with Gasteiger partial charge in [0.25, 0.3) is 0 Å². The Labute approximate surface area is 218 Å². The molecule has 0 fully saturated rings. The summed E-state index contributed by atoms with van der Waals surface area (Å²) in [5.41, 5.74) is -0.245. The van der Waals surface area contributed by atoms with Crippen LogP contribution in [0, 0.1) is 0 Å². The van der Waals surface area contributed by atoms with E-state index >= 15 is 0 Å². The lowest BCUT2D eigenvalue weighted by Gasteiger charge is -2.36. The number of rotatable bonds is 24. The number of para-hydroxylation sites is 1. The summed E-state index contributed by atoms with van der Waals surface area (Å²) in [4.78, 5) is 0. The van der Waals surface area contributed by atoms with Crippen molar-refractivity contribution in [3.05, 3.63) is 18.2 Å². The van der Waals surface area contributed by atoms with Crippen LogP contribution in [0.1, 0.15) is 162 Å². The highest BCUT2D eigenvalue weighted by Crippen LogP contribution is 2.41. The zero-order valence-electron chi connectivity index (χ0n) is 23.6. The SMILES string of the molecule is CCCCCCCCCCC(CCCCC)(CCCCCCCCCC)Oc1cccc(O)c1O. The number of hydrogen-bond donors (Lipinski definition) is 2. The van der Waals surface area contributed by atoms with E-state index in [4.69, 9.17) is 4.74 Å². The van der Waals surface area contributed by atoms with E-state index in [0.29, 0.717) is 5.75 Å². The van der Waals surface area contributed by atoms with Gasteiger partial charge in [-0.25, -0.2) is 0 Å². The number of phenolic OH excluding ortho intramolecular Hbond substituents is 2. The van der Waals surface area contributed by atoms with Crippen LogP contribution in [0.3, 0.4) is 0 Å². The Kier molecular flexibility index (Phi) is 18.8. The molecule has 0 aliphatic heterocycles. The normalized spacial score (nSPS) is 11.7. The van der Waals surface area contributed by atoms with Gasteiger partial charge < -0.3 is 14.9 Å². The van der Waals surface area contributed by atoms with Crippen molar-refractivity contribution in [2.24, 2.45) is 0 Å². The minimum absolute atomic E-state index is 0.0934. The van der Waals surface area contributed by atoms with Crippen molar-refractivity contribution in [2.75, 3.05) is 0 Å². The summed E-state index contributed by atoms with van der Waals surface area (Å²) in [6, 6.07) is 5.11. The van der Waals surface area contributed by atoms with Gasteiger partial charge in [0.05, 0.1) is 0 Å². The molecule has 0 bridgehead atoms. The zero-order valence-corrected chi connectivity index (χ0v) is 23.6. The molecule has 0 atom stereocenters. The molecule has 0 saturated carbocycles. The quantitative estimate of drug-likeness (QED) is 0.112. The van der Waals surface area contributed by atoms with Gasteiger partial charge in [0.1, 0.15) is 5.60 Å². The summed E-state index contributed by atoms with van der Waals surface area (Å²) in [6.45, 7) is 6.80. The summed E-state index contributed by atoms with van der Waals surface area (Å²) in [5.74, 6) is 0.240. The molecule has 0 saturated heterocycles. The highest BCUT2D eigenvalue weighted by Gasteiger charge is 2.32.